The summed E-state index contributed by atoms with van der Waals surface area (Å²) in [5, 5.41) is 9.72. The van der Waals surface area contributed by atoms with Crippen molar-refractivity contribution in [1.29, 1.82) is 0 Å². The summed E-state index contributed by atoms with van der Waals surface area (Å²) in [6.07, 6.45) is 8.68. The molecular formula is C67H58N2. The molecule has 0 radical (unpaired) electrons. The maximum atomic E-state index is 4.40. The van der Waals surface area contributed by atoms with E-state index in [0.29, 0.717) is 6.54 Å². The van der Waals surface area contributed by atoms with Gasteiger partial charge < -0.3 is 4.90 Å². The van der Waals surface area contributed by atoms with E-state index < -0.39 is 0 Å². The zero-order chi connectivity index (χ0) is 47.7. The quantitative estimate of drug-likeness (QED) is 0.0933. The Labute approximate surface area is 407 Å². The number of anilines is 2. The average Bonchev–Trinajstić information content (AvgIpc) is 3.41. The van der Waals surface area contributed by atoms with Crippen LogP contribution in [0.4, 0.5) is 17.1 Å². The van der Waals surface area contributed by atoms with Gasteiger partial charge in [-0.2, -0.15) is 0 Å². The van der Waals surface area contributed by atoms with Crippen molar-refractivity contribution in [1.82, 2.24) is 0 Å². The SMILES string of the molecule is C=Nc1ccccc1N(Cc1cccc(-c2c3ccccc3c(-c3ccc4cc(C(/C(=C/C)c5ccc(C)cc5)=c5\cccc\c5=C\C=C\C)ccc4c3)c3ccccc23)c1)c1ccccc1.CC. The van der Waals surface area contributed by atoms with Crippen molar-refractivity contribution in [2.75, 3.05) is 4.90 Å². The van der Waals surface area contributed by atoms with Crippen LogP contribution in [0.2, 0.25) is 0 Å². The van der Waals surface area contributed by atoms with Gasteiger partial charge >= 0.3 is 0 Å². The molecule has 0 aliphatic rings. The molecule has 10 aromatic carbocycles. The Kier molecular flexibility index (Phi) is 14.0. The largest absolute Gasteiger partial charge is 0.335 e. The number of aryl methyl sites for hydroxylation is 1. The Hall–Kier alpha value is -8.33. The highest BCUT2D eigenvalue weighted by molar-refractivity contribution is 6.22. The molecule has 10 aromatic rings. The van der Waals surface area contributed by atoms with E-state index in [1.165, 1.54) is 98.4 Å². The minimum absolute atomic E-state index is 0.666. The number of benzene rings is 10. The molecule has 2 heteroatoms. The molecule has 0 saturated carbocycles. The molecule has 0 amide bonds. The lowest BCUT2D eigenvalue weighted by Gasteiger charge is -2.27. The fourth-order valence-corrected chi connectivity index (χ4v) is 9.78. The van der Waals surface area contributed by atoms with Gasteiger partial charge in [-0.15, -0.1) is 0 Å². The first-order chi connectivity index (χ1) is 34.0. The Morgan fingerprint density at radius 1 is 0.536 bits per heavy atom. The third kappa shape index (κ3) is 9.35. The number of hydrogen-bond acceptors (Lipinski definition) is 2. The maximum Gasteiger partial charge on any atom is 0.0859 e. The molecule has 0 heterocycles. The van der Waals surface area contributed by atoms with Crippen molar-refractivity contribution in [2.24, 2.45) is 4.99 Å². The first kappa shape index (κ1) is 45.8. The third-order valence-electron chi connectivity index (χ3n) is 12.9. The van der Waals surface area contributed by atoms with Crippen LogP contribution >= 0.6 is 0 Å². The first-order valence-electron chi connectivity index (χ1n) is 24.1. The summed E-state index contributed by atoms with van der Waals surface area (Å²) in [6, 6.07) is 77.3. The molecule has 10 rings (SSSR count). The van der Waals surface area contributed by atoms with Gasteiger partial charge in [0.2, 0.25) is 0 Å². The Morgan fingerprint density at radius 2 is 1.12 bits per heavy atom. The minimum atomic E-state index is 0.666. The zero-order valence-electron chi connectivity index (χ0n) is 40.3. The molecule has 0 fully saturated rings. The summed E-state index contributed by atoms with van der Waals surface area (Å²) >= 11 is 0. The first-order valence-corrected chi connectivity index (χ1v) is 24.1. The fourth-order valence-electron chi connectivity index (χ4n) is 9.78. The number of aliphatic imine (C=N–C) groups is 1. The van der Waals surface area contributed by atoms with Gasteiger partial charge in [0.15, 0.2) is 0 Å². The summed E-state index contributed by atoms with van der Waals surface area (Å²) < 4.78 is 0. The van der Waals surface area contributed by atoms with Crippen molar-refractivity contribution >= 4 is 73.3 Å². The van der Waals surface area contributed by atoms with Crippen LogP contribution in [0, 0.1) is 6.92 Å². The molecule has 0 aliphatic carbocycles. The van der Waals surface area contributed by atoms with Crippen LogP contribution in [0.1, 0.15) is 49.9 Å². The highest BCUT2D eigenvalue weighted by atomic mass is 15.1. The molecule has 69 heavy (non-hydrogen) atoms. The Bertz CT molecular complexity index is 3590. The van der Waals surface area contributed by atoms with Gasteiger partial charge in [0.1, 0.15) is 0 Å². The van der Waals surface area contributed by atoms with Crippen LogP contribution in [0.25, 0.3) is 71.8 Å². The molecule has 0 spiro atoms. The van der Waals surface area contributed by atoms with E-state index in [1.54, 1.807) is 0 Å². The van der Waals surface area contributed by atoms with E-state index in [-0.39, 0.29) is 0 Å². The predicted molar refractivity (Wildman–Crippen MR) is 301 cm³/mol. The van der Waals surface area contributed by atoms with Crippen LogP contribution < -0.4 is 15.3 Å². The summed E-state index contributed by atoms with van der Waals surface area (Å²) in [7, 11) is 0. The van der Waals surface area contributed by atoms with E-state index in [4.69, 9.17) is 0 Å². The number of rotatable bonds is 11. The molecule has 0 atom stereocenters. The van der Waals surface area contributed by atoms with E-state index in [2.05, 4.69) is 262 Å². The normalized spacial score (nSPS) is 12.3. The lowest BCUT2D eigenvalue weighted by atomic mass is 9.85. The molecule has 0 unspecified atom stereocenters. The second-order valence-corrected chi connectivity index (χ2v) is 17.1. The number of nitrogens with zero attached hydrogens (tertiary/aromatic N) is 2. The molecule has 336 valence electrons. The van der Waals surface area contributed by atoms with Crippen molar-refractivity contribution in [3.05, 3.63) is 263 Å². The average molecular weight is 891 g/mol. The Balaban J connectivity index is 0.00000293. The van der Waals surface area contributed by atoms with E-state index in [0.717, 1.165) is 17.1 Å². The summed E-state index contributed by atoms with van der Waals surface area (Å²) in [5.41, 5.74) is 15.1. The standard InChI is InChI=1S/C65H52N2.C2H6/c1-5-7-21-47-22-11-12-26-56(47)63(55(6-2)48-35-33-45(3)34-36-48)52-39-37-50-43-53(40-38-49(50)42-52)65-59-29-15-13-27-57(59)64(58-28-14-16-30-60(58)65)51-23-19-20-46(41-51)44-67(54-24-9-8-10-25-54)62-32-18-17-31-61(62)66-4;1-2/h5-43H,4,44H2,1-3H3;1-2H3/b7-5+,47-21-,55-6+,63-56-;. The van der Waals surface area contributed by atoms with Crippen LogP contribution in [0.5, 0.6) is 0 Å². The zero-order valence-corrected chi connectivity index (χ0v) is 40.3. The van der Waals surface area contributed by atoms with Crippen LogP contribution in [0.3, 0.4) is 0 Å². The summed E-state index contributed by atoms with van der Waals surface area (Å²) in [4.78, 5) is 6.73. The molecule has 0 aromatic heterocycles. The second kappa shape index (κ2) is 21.1. The van der Waals surface area contributed by atoms with E-state index in [1.807, 2.05) is 26.0 Å². The van der Waals surface area contributed by atoms with E-state index >= 15 is 0 Å². The highest BCUT2D eigenvalue weighted by Gasteiger charge is 2.20. The lowest BCUT2D eigenvalue weighted by Crippen LogP contribution is -2.27. The van der Waals surface area contributed by atoms with Crippen molar-refractivity contribution in [3.63, 3.8) is 0 Å². The van der Waals surface area contributed by atoms with Crippen LogP contribution in [0.15, 0.2) is 236 Å². The number of para-hydroxylation sites is 3. The van der Waals surface area contributed by atoms with Crippen molar-refractivity contribution in [2.45, 2.75) is 41.2 Å². The minimum Gasteiger partial charge on any atom is -0.335 e. The van der Waals surface area contributed by atoms with Gasteiger partial charge in [0.05, 0.1) is 11.4 Å². The van der Waals surface area contributed by atoms with Gasteiger partial charge in [-0.3, -0.25) is 4.99 Å². The number of fused-ring (bicyclic) bond motifs is 3. The smallest absolute Gasteiger partial charge is 0.0859 e. The van der Waals surface area contributed by atoms with Crippen molar-refractivity contribution < 1.29 is 0 Å². The molecular weight excluding hydrogens is 833 g/mol. The monoisotopic (exact) mass is 890 g/mol. The molecule has 0 aliphatic heterocycles. The van der Waals surface area contributed by atoms with Crippen LogP contribution in [-0.2, 0) is 6.54 Å². The predicted octanol–water partition coefficient (Wildman–Crippen LogP) is 17.1. The Morgan fingerprint density at radius 3 is 1.78 bits per heavy atom. The topological polar surface area (TPSA) is 15.6 Å². The number of allylic oxidation sites excluding steroid dienone is 4. The fraction of sp³-hybridized carbons (Fsp3) is 0.0896. The van der Waals surface area contributed by atoms with E-state index in [9.17, 15) is 0 Å². The highest BCUT2D eigenvalue weighted by Crippen LogP contribution is 2.45. The van der Waals surface area contributed by atoms with Gasteiger partial charge in [0.25, 0.3) is 0 Å². The van der Waals surface area contributed by atoms with Gasteiger partial charge in [-0.05, 0) is 163 Å². The lowest BCUT2D eigenvalue weighted by molar-refractivity contribution is 0.976. The summed E-state index contributed by atoms with van der Waals surface area (Å²) in [6.45, 7) is 14.9. The second-order valence-electron chi connectivity index (χ2n) is 17.1. The maximum absolute atomic E-state index is 4.40. The number of hydrogen-bond donors (Lipinski definition) is 0. The molecule has 0 bridgehead atoms. The molecule has 2 nitrogen and oxygen atoms in total. The molecule has 0 N–H and O–H groups in total. The van der Waals surface area contributed by atoms with Gasteiger partial charge in [0, 0.05) is 12.2 Å². The van der Waals surface area contributed by atoms with Gasteiger partial charge in [-0.1, -0.05) is 214 Å². The van der Waals surface area contributed by atoms with Crippen LogP contribution in [-0.4, -0.2) is 6.72 Å². The summed E-state index contributed by atoms with van der Waals surface area (Å²) in [5.74, 6) is 0. The molecule has 0 saturated heterocycles. The third-order valence-corrected chi connectivity index (χ3v) is 12.9. The van der Waals surface area contributed by atoms with Crippen molar-refractivity contribution in [3.8, 4) is 22.3 Å². The van der Waals surface area contributed by atoms with Gasteiger partial charge in [-0.25, -0.2) is 0 Å².